The maximum Gasteiger partial charge on any atom is 0.238 e. The summed E-state index contributed by atoms with van der Waals surface area (Å²) in [5.41, 5.74) is 6.16. The maximum atomic E-state index is 11.9. The summed E-state index contributed by atoms with van der Waals surface area (Å²) in [6.45, 7) is 2.56. The molecule has 2 amide bonds. The number of hydrogen-bond donors (Lipinski definition) is 2. The minimum atomic E-state index is -0.318. The fourth-order valence-corrected chi connectivity index (χ4v) is 2.95. The topological polar surface area (TPSA) is 110 Å². The first-order valence-corrected chi connectivity index (χ1v) is 10.5. The number of ether oxygens (including phenoxy) is 3. The number of carbonyl (C=O) groups is 2. The number of nitrogens with one attached hydrogen (secondary N) is 2. The van der Waals surface area contributed by atoms with Crippen LogP contribution >= 0.6 is 11.6 Å². The Balaban J connectivity index is 1.58. The summed E-state index contributed by atoms with van der Waals surface area (Å²) in [5, 5.41) is 9.55. The van der Waals surface area contributed by atoms with Gasteiger partial charge in [0.05, 0.1) is 32.0 Å². The zero-order chi connectivity index (χ0) is 23.3. The molecule has 2 aromatic rings. The molecule has 32 heavy (non-hydrogen) atoms. The number of nitrogens with zero attached hydrogens (tertiary/aromatic N) is 1. The van der Waals surface area contributed by atoms with E-state index in [4.69, 9.17) is 31.1 Å². The van der Waals surface area contributed by atoms with Gasteiger partial charge in [0.2, 0.25) is 11.8 Å². The van der Waals surface area contributed by atoms with Crippen LogP contribution in [0.2, 0.25) is 5.02 Å². The monoisotopic (exact) mass is 459 g/mol. The van der Waals surface area contributed by atoms with Gasteiger partial charge in [0.25, 0.3) is 0 Å². The van der Waals surface area contributed by atoms with Gasteiger partial charge in [-0.2, -0.15) is 5.26 Å². The predicted molar refractivity (Wildman–Crippen MR) is 120 cm³/mol. The molecule has 2 N–H and O–H groups in total. The average molecular weight is 460 g/mol. The SMILES string of the molecule is COc1cc(C#N)ccc1OCCCC(=O)NNC(=O)CCCOc1ccc(Cl)cc1C. The van der Waals surface area contributed by atoms with Crippen molar-refractivity contribution in [2.75, 3.05) is 20.3 Å². The van der Waals surface area contributed by atoms with Crippen LogP contribution in [-0.2, 0) is 9.59 Å². The van der Waals surface area contributed by atoms with E-state index in [1.807, 2.05) is 19.1 Å². The molecule has 2 aromatic carbocycles. The number of nitriles is 1. The average Bonchev–Trinajstić information content (AvgIpc) is 2.79. The Hall–Kier alpha value is -3.44. The van der Waals surface area contributed by atoms with E-state index < -0.39 is 0 Å². The van der Waals surface area contributed by atoms with Crippen molar-refractivity contribution in [1.82, 2.24) is 10.9 Å². The Morgan fingerprint density at radius 3 is 2.09 bits per heavy atom. The fraction of sp³-hybridized carbons (Fsp3) is 0.348. The van der Waals surface area contributed by atoms with Crippen molar-refractivity contribution in [3.05, 3.63) is 52.5 Å². The van der Waals surface area contributed by atoms with E-state index in [1.165, 1.54) is 7.11 Å². The van der Waals surface area contributed by atoms with Crippen molar-refractivity contribution in [2.24, 2.45) is 0 Å². The molecule has 0 spiro atoms. The van der Waals surface area contributed by atoms with Gasteiger partial charge in [-0.25, -0.2) is 0 Å². The number of hydrazine groups is 1. The Kier molecular flexibility index (Phi) is 10.1. The van der Waals surface area contributed by atoms with Crippen LogP contribution in [0.15, 0.2) is 36.4 Å². The number of halogens is 1. The summed E-state index contributed by atoms with van der Waals surface area (Å²) in [4.78, 5) is 23.7. The van der Waals surface area contributed by atoms with Crippen LogP contribution in [0.3, 0.4) is 0 Å². The minimum Gasteiger partial charge on any atom is -0.493 e. The molecule has 0 heterocycles. The van der Waals surface area contributed by atoms with Crippen molar-refractivity contribution in [3.63, 3.8) is 0 Å². The van der Waals surface area contributed by atoms with Gasteiger partial charge in [-0.3, -0.25) is 20.4 Å². The van der Waals surface area contributed by atoms with E-state index in [0.29, 0.717) is 41.5 Å². The number of carbonyl (C=O) groups excluding carboxylic acids is 2. The molecule has 0 radical (unpaired) electrons. The van der Waals surface area contributed by atoms with Gasteiger partial charge in [-0.05, 0) is 55.7 Å². The second-order valence-corrected chi connectivity index (χ2v) is 7.32. The smallest absolute Gasteiger partial charge is 0.238 e. The zero-order valence-electron chi connectivity index (χ0n) is 18.1. The molecule has 0 atom stereocenters. The molecule has 2 rings (SSSR count). The zero-order valence-corrected chi connectivity index (χ0v) is 18.8. The molecule has 0 bridgehead atoms. The molecule has 0 fully saturated rings. The van der Waals surface area contributed by atoms with Crippen molar-refractivity contribution < 1.29 is 23.8 Å². The molecule has 9 heteroatoms. The molecule has 0 saturated heterocycles. The Morgan fingerprint density at radius 1 is 0.938 bits per heavy atom. The molecule has 0 aromatic heterocycles. The first-order chi connectivity index (χ1) is 15.4. The number of rotatable bonds is 11. The number of methoxy groups -OCH3 is 1. The van der Waals surface area contributed by atoms with E-state index in [0.717, 1.165) is 11.3 Å². The fourth-order valence-electron chi connectivity index (χ4n) is 2.73. The van der Waals surface area contributed by atoms with E-state index in [-0.39, 0.29) is 31.3 Å². The van der Waals surface area contributed by atoms with Gasteiger partial charge in [-0.15, -0.1) is 0 Å². The molecule has 0 saturated carbocycles. The lowest BCUT2D eigenvalue weighted by Gasteiger charge is -2.11. The summed E-state index contributed by atoms with van der Waals surface area (Å²) in [5.74, 6) is 1.06. The maximum absolute atomic E-state index is 11.9. The first kappa shape index (κ1) is 24.8. The molecule has 8 nitrogen and oxygen atoms in total. The van der Waals surface area contributed by atoms with Crippen LogP contribution in [0.4, 0.5) is 0 Å². The summed E-state index contributed by atoms with van der Waals surface area (Å²) in [6, 6.07) is 12.2. The highest BCUT2D eigenvalue weighted by Gasteiger charge is 2.08. The number of benzene rings is 2. The van der Waals surface area contributed by atoms with E-state index >= 15 is 0 Å². The third-order valence-electron chi connectivity index (χ3n) is 4.38. The summed E-state index contributed by atoms with van der Waals surface area (Å²) in [7, 11) is 1.49. The van der Waals surface area contributed by atoms with Gasteiger partial charge in [0.15, 0.2) is 11.5 Å². The minimum absolute atomic E-state index is 0.178. The Morgan fingerprint density at radius 2 is 1.53 bits per heavy atom. The van der Waals surface area contributed by atoms with Crippen LogP contribution in [0.5, 0.6) is 17.2 Å². The van der Waals surface area contributed by atoms with Gasteiger partial charge >= 0.3 is 0 Å². The lowest BCUT2D eigenvalue weighted by molar-refractivity contribution is -0.129. The van der Waals surface area contributed by atoms with E-state index in [2.05, 4.69) is 10.9 Å². The highest BCUT2D eigenvalue weighted by molar-refractivity contribution is 6.30. The first-order valence-electron chi connectivity index (χ1n) is 10.1. The third kappa shape index (κ3) is 8.36. The lowest BCUT2D eigenvalue weighted by atomic mass is 10.2. The Bertz CT molecular complexity index is 975. The van der Waals surface area contributed by atoms with Gasteiger partial charge in [0.1, 0.15) is 5.75 Å². The summed E-state index contributed by atoms with van der Waals surface area (Å²) < 4.78 is 16.4. The van der Waals surface area contributed by atoms with Crippen LogP contribution in [0.25, 0.3) is 0 Å². The van der Waals surface area contributed by atoms with Crippen molar-refractivity contribution in [2.45, 2.75) is 32.6 Å². The van der Waals surface area contributed by atoms with Crippen molar-refractivity contribution >= 4 is 23.4 Å². The normalized spacial score (nSPS) is 10.1. The summed E-state index contributed by atoms with van der Waals surface area (Å²) in [6.07, 6.45) is 1.34. The second kappa shape index (κ2) is 13.1. The second-order valence-electron chi connectivity index (χ2n) is 6.89. The summed E-state index contributed by atoms with van der Waals surface area (Å²) >= 11 is 5.91. The lowest BCUT2D eigenvalue weighted by Crippen LogP contribution is -2.41. The molecule has 170 valence electrons. The number of amides is 2. The van der Waals surface area contributed by atoms with Gasteiger partial charge < -0.3 is 14.2 Å². The molecule has 0 unspecified atom stereocenters. The number of hydrogen-bond acceptors (Lipinski definition) is 6. The molecular weight excluding hydrogens is 434 g/mol. The van der Waals surface area contributed by atoms with Gasteiger partial charge in [0, 0.05) is 23.9 Å². The predicted octanol–water partition coefficient (Wildman–Crippen LogP) is 3.69. The van der Waals surface area contributed by atoms with E-state index in [9.17, 15) is 9.59 Å². The highest BCUT2D eigenvalue weighted by Crippen LogP contribution is 2.28. The molecular formula is C23H26ClN3O5. The standard InChI is InChI=1S/C23H26ClN3O5/c1-16-13-18(24)8-10-19(16)31-11-3-5-22(28)26-27-23(29)6-4-12-32-20-9-7-17(15-25)14-21(20)30-2/h7-10,13-14H,3-6,11-12H2,1-2H3,(H,26,28)(H,27,29). The van der Waals surface area contributed by atoms with E-state index in [1.54, 1.807) is 30.3 Å². The molecule has 0 aliphatic heterocycles. The highest BCUT2D eigenvalue weighted by atomic mass is 35.5. The van der Waals surface area contributed by atoms with Crippen LogP contribution in [0, 0.1) is 18.3 Å². The van der Waals surface area contributed by atoms with Crippen LogP contribution in [0.1, 0.15) is 36.8 Å². The van der Waals surface area contributed by atoms with Crippen LogP contribution in [-0.4, -0.2) is 32.1 Å². The quantitative estimate of drug-likeness (QED) is 0.391. The third-order valence-corrected chi connectivity index (χ3v) is 4.62. The molecule has 0 aliphatic carbocycles. The van der Waals surface area contributed by atoms with Gasteiger partial charge in [-0.1, -0.05) is 11.6 Å². The van der Waals surface area contributed by atoms with Crippen molar-refractivity contribution in [3.8, 4) is 23.3 Å². The van der Waals surface area contributed by atoms with Crippen molar-refractivity contribution in [1.29, 1.82) is 5.26 Å². The Labute approximate surface area is 192 Å². The van der Waals surface area contributed by atoms with Crippen LogP contribution < -0.4 is 25.1 Å². The molecule has 0 aliphatic rings. The largest absolute Gasteiger partial charge is 0.493 e. The number of aryl methyl sites for hydroxylation is 1.